The van der Waals surface area contributed by atoms with E-state index in [9.17, 15) is 0 Å². The van der Waals surface area contributed by atoms with Gasteiger partial charge in [0.1, 0.15) is 0 Å². The molecule has 2 heterocycles. The van der Waals surface area contributed by atoms with Gasteiger partial charge in [0.15, 0.2) is 0 Å². The Hall–Kier alpha value is -1.61. The van der Waals surface area contributed by atoms with Gasteiger partial charge in [-0.15, -0.1) is 0 Å². The summed E-state index contributed by atoms with van der Waals surface area (Å²) in [7, 11) is 0. The molecule has 0 amide bonds. The predicted octanol–water partition coefficient (Wildman–Crippen LogP) is 2.84. The van der Waals surface area contributed by atoms with E-state index >= 15 is 0 Å². The average molecular weight is 218 g/mol. The highest BCUT2D eigenvalue weighted by molar-refractivity contribution is 6.29. The van der Waals surface area contributed by atoms with Crippen LogP contribution in [-0.2, 0) is 0 Å². The van der Waals surface area contributed by atoms with Crippen LogP contribution in [0.15, 0.2) is 30.3 Å². The number of aromatic nitrogens is 3. The van der Waals surface area contributed by atoms with E-state index in [-0.39, 0.29) is 0 Å². The first-order valence-electron chi connectivity index (χ1n) is 4.66. The first kappa shape index (κ1) is 8.68. The zero-order valence-electron chi connectivity index (χ0n) is 8.11. The van der Waals surface area contributed by atoms with Crippen LogP contribution < -0.4 is 0 Å². The molecule has 3 aromatic rings. The van der Waals surface area contributed by atoms with E-state index in [2.05, 4.69) is 10.1 Å². The molecule has 0 N–H and O–H groups in total. The number of nitrogens with zero attached hydrogens (tertiary/aromatic N) is 3. The van der Waals surface area contributed by atoms with Crippen LogP contribution in [0.4, 0.5) is 0 Å². The largest absolute Gasteiger partial charge is 0.224 e. The maximum atomic E-state index is 6.04. The van der Waals surface area contributed by atoms with E-state index < -0.39 is 0 Å². The Morgan fingerprint density at radius 3 is 2.93 bits per heavy atom. The maximum Gasteiger partial charge on any atom is 0.224 e. The number of fused-ring (bicyclic) bond motifs is 3. The SMILES string of the molecule is Cc1cc2c3ccccc3nc(Cl)n2n1. The van der Waals surface area contributed by atoms with E-state index in [1.165, 1.54) is 0 Å². The zero-order valence-corrected chi connectivity index (χ0v) is 8.86. The molecule has 2 aromatic heterocycles. The first-order chi connectivity index (χ1) is 7.25. The third-order valence-corrected chi connectivity index (χ3v) is 2.64. The van der Waals surface area contributed by atoms with E-state index in [0.717, 1.165) is 22.1 Å². The highest BCUT2D eigenvalue weighted by Crippen LogP contribution is 2.22. The molecule has 0 aliphatic rings. The molecule has 15 heavy (non-hydrogen) atoms. The summed E-state index contributed by atoms with van der Waals surface area (Å²) < 4.78 is 1.67. The average Bonchev–Trinajstić information content (AvgIpc) is 2.61. The van der Waals surface area contributed by atoms with Gasteiger partial charge in [0, 0.05) is 5.39 Å². The molecule has 0 fully saturated rings. The first-order valence-corrected chi connectivity index (χ1v) is 5.04. The molecular formula is C11H8ClN3. The molecule has 0 saturated carbocycles. The second-order valence-corrected chi connectivity index (χ2v) is 3.82. The van der Waals surface area contributed by atoms with Crippen LogP contribution in [0, 0.1) is 6.92 Å². The van der Waals surface area contributed by atoms with Crippen molar-refractivity contribution >= 4 is 28.0 Å². The van der Waals surface area contributed by atoms with Gasteiger partial charge in [0.25, 0.3) is 0 Å². The summed E-state index contributed by atoms with van der Waals surface area (Å²) in [4.78, 5) is 4.28. The van der Waals surface area contributed by atoms with Gasteiger partial charge < -0.3 is 0 Å². The van der Waals surface area contributed by atoms with E-state index in [0.29, 0.717) is 5.28 Å². The Morgan fingerprint density at radius 1 is 1.27 bits per heavy atom. The van der Waals surface area contributed by atoms with Crippen molar-refractivity contribution in [2.24, 2.45) is 0 Å². The number of hydrogen-bond donors (Lipinski definition) is 0. The second kappa shape index (κ2) is 2.94. The molecule has 3 rings (SSSR count). The van der Waals surface area contributed by atoms with Gasteiger partial charge in [-0.25, -0.2) is 9.50 Å². The Balaban J connectivity index is 2.63. The quantitative estimate of drug-likeness (QED) is 0.542. The third-order valence-electron chi connectivity index (χ3n) is 2.40. The Bertz CT molecular complexity index is 657. The fraction of sp³-hybridized carbons (Fsp3) is 0.0909. The molecular weight excluding hydrogens is 210 g/mol. The molecule has 4 heteroatoms. The van der Waals surface area contributed by atoms with Gasteiger partial charge in [-0.2, -0.15) is 5.10 Å². The monoisotopic (exact) mass is 217 g/mol. The number of para-hydroxylation sites is 1. The normalized spacial score (nSPS) is 11.3. The lowest BCUT2D eigenvalue weighted by atomic mass is 10.2. The highest BCUT2D eigenvalue weighted by atomic mass is 35.5. The lowest BCUT2D eigenvalue weighted by Gasteiger charge is -2.01. The molecule has 0 spiro atoms. The fourth-order valence-corrected chi connectivity index (χ4v) is 1.99. The minimum absolute atomic E-state index is 0.400. The summed E-state index contributed by atoms with van der Waals surface area (Å²) in [6, 6.07) is 9.92. The molecule has 3 nitrogen and oxygen atoms in total. The van der Waals surface area contributed by atoms with Crippen LogP contribution >= 0.6 is 11.6 Å². The Kier molecular flexibility index (Phi) is 1.70. The second-order valence-electron chi connectivity index (χ2n) is 3.48. The lowest BCUT2D eigenvalue weighted by molar-refractivity contribution is 0.912. The van der Waals surface area contributed by atoms with Crippen molar-refractivity contribution in [2.75, 3.05) is 0 Å². The smallest absolute Gasteiger partial charge is 0.218 e. The number of aryl methyl sites for hydroxylation is 1. The van der Waals surface area contributed by atoms with Crippen molar-refractivity contribution in [2.45, 2.75) is 6.92 Å². The Morgan fingerprint density at radius 2 is 2.07 bits per heavy atom. The van der Waals surface area contributed by atoms with E-state index in [1.54, 1.807) is 4.52 Å². The number of hydrogen-bond acceptors (Lipinski definition) is 2. The van der Waals surface area contributed by atoms with Gasteiger partial charge in [-0.05, 0) is 30.7 Å². The van der Waals surface area contributed by atoms with Crippen LogP contribution in [0.3, 0.4) is 0 Å². The molecule has 1 aromatic carbocycles. The minimum atomic E-state index is 0.400. The van der Waals surface area contributed by atoms with Crippen LogP contribution in [-0.4, -0.2) is 14.6 Å². The van der Waals surface area contributed by atoms with Crippen LogP contribution in [0.2, 0.25) is 5.28 Å². The van der Waals surface area contributed by atoms with Gasteiger partial charge in [-0.1, -0.05) is 18.2 Å². The van der Waals surface area contributed by atoms with Crippen molar-refractivity contribution < 1.29 is 0 Å². The molecule has 0 bridgehead atoms. The maximum absolute atomic E-state index is 6.04. The molecule has 0 unspecified atom stereocenters. The number of halogens is 1. The summed E-state index contributed by atoms with van der Waals surface area (Å²) in [5.41, 5.74) is 2.84. The third kappa shape index (κ3) is 1.20. The van der Waals surface area contributed by atoms with Crippen LogP contribution in [0.25, 0.3) is 16.4 Å². The summed E-state index contributed by atoms with van der Waals surface area (Å²) in [5.74, 6) is 0. The summed E-state index contributed by atoms with van der Waals surface area (Å²) in [6.07, 6.45) is 0. The summed E-state index contributed by atoms with van der Waals surface area (Å²) >= 11 is 6.04. The standard InChI is InChI=1S/C11H8ClN3/c1-7-6-10-8-4-2-3-5-9(8)13-11(12)15(10)14-7/h2-6H,1H3. The number of benzene rings is 1. The molecule has 0 saturated heterocycles. The molecule has 74 valence electrons. The van der Waals surface area contributed by atoms with Crippen molar-refractivity contribution in [3.63, 3.8) is 0 Å². The molecule has 0 aliphatic carbocycles. The van der Waals surface area contributed by atoms with E-state index in [1.807, 2.05) is 37.3 Å². The Labute approximate surface area is 91.3 Å². The molecule has 0 radical (unpaired) electrons. The molecule has 0 aliphatic heterocycles. The minimum Gasteiger partial charge on any atom is -0.218 e. The highest BCUT2D eigenvalue weighted by Gasteiger charge is 2.07. The zero-order chi connectivity index (χ0) is 10.4. The van der Waals surface area contributed by atoms with Gasteiger partial charge in [-0.3, -0.25) is 0 Å². The fourth-order valence-electron chi connectivity index (χ4n) is 1.77. The topological polar surface area (TPSA) is 30.2 Å². The number of rotatable bonds is 0. The predicted molar refractivity (Wildman–Crippen MR) is 60.2 cm³/mol. The van der Waals surface area contributed by atoms with Gasteiger partial charge in [0.2, 0.25) is 5.28 Å². The van der Waals surface area contributed by atoms with Crippen molar-refractivity contribution in [1.82, 2.24) is 14.6 Å². The summed E-state index contributed by atoms with van der Waals surface area (Å²) in [5, 5.41) is 5.76. The van der Waals surface area contributed by atoms with Crippen molar-refractivity contribution in [3.8, 4) is 0 Å². The van der Waals surface area contributed by atoms with E-state index in [4.69, 9.17) is 11.6 Å². The van der Waals surface area contributed by atoms with Gasteiger partial charge >= 0.3 is 0 Å². The van der Waals surface area contributed by atoms with Crippen molar-refractivity contribution in [3.05, 3.63) is 41.3 Å². The van der Waals surface area contributed by atoms with Crippen LogP contribution in [0.1, 0.15) is 5.69 Å². The van der Waals surface area contributed by atoms with Gasteiger partial charge in [0.05, 0.1) is 16.7 Å². The molecule has 0 atom stereocenters. The summed E-state index contributed by atoms with van der Waals surface area (Å²) in [6.45, 7) is 1.94. The lowest BCUT2D eigenvalue weighted by Crippen LogP contribution is -1.94. The van der Waals surface area contributed by atoms with Crippen LogP contribution in [0.5, 0.6) is 0 Å². The van der Waals surface area contributed by atoms with Crippen molar-refractivity contribution in [1.29, 1.82) is 0 Å².